The number of urea groups is 1. The van der Waals surface area contributed by atoms with E-state index in [1.807, 2.05) is 30.0 Å². The number of nitrogens with zero attached hydrogens (tertiary/aromatic N) is 1. The van der Waals surface area contributed by atoms with E-state index in [1.165, 1.54) is 0 Å². The molecule has 0 unspecified atom stereocenters. The lowest BCUT2D eigenvalue weighted by molar-refractivity contribution is 0.0829. The number of rotatable bonds is 5. The van der Waals surface area contributed by atoms with Crippen LogP contribution in [0.4, 0.5) is 4.79 Å². The Bertz CT molecular complexity index is 601. The lowest BCUT2D eigenvalue weighted by Gasteiger charge is -2.29. The average molecular weight is 348 g/mol. The number of carbonyl (C=O) groups excluding carboxylic acids is 1. The van der Waals surface area contributed by atoms with E-state index in [0.29, 0.717) is 0 Å². The van der Waals surface area contributed by atoms with E-state index in [1.54, 1.807) is 14.2 Å². The Morgan fingerprint density at radius 1 is 1.28 bits per heavy atom. The zero-order chi connectivity index (χ0) is 17.8. The van der Waals surface area contributed by atoms with Gasteiger partial charge in [0, 0.05) is 24.8 Å². The molecule has 0 aromatic heterocycles. The summed E-state index contributed by atoms with van der Waals surface area (Å²) >= 11 is 0. The lowest BCUT2D eigenvalue weighted by Crippen LogP contribution is -2.47. The first-order valence-corrected chi connectivity index (χ1v) is 9.04. The molecular weight excluding hydrogens is 320 g/mol. The number of hydrogen-bond donors (Lipinski definition) is 1. The van der Waals surface area contributed by atoms with Crippen LogP contribution in [0, 0.1) is 0 Å². The van der Waals surface area contributed by atoms with Crippen molar-refractivity contribution in [2.24, 2.45) is 0 Å². The number of ether oxygens (including phenoxy) is 3. The first-order valence-electron chi connectivity index (χ1n) is 9.04. The summed E-state index contributed by atoms with van der Waals surface area (Å²) < 4.78 is 16.5. The molecule has 0 aliphatic carbocycles. The summed E-state index contributed by atoms with van der Waals surface area (Å²) in [5.41, 5.74) is 1.03. The number of nitrogens with one attached hydrogen (secondary N) is 1. The largest absolute Gasteiger partial charge is 0.497 e. The molecular formula is C19H28N2O4. The van der Waals surface area contributed by atoms with Crippen molar-refractivity contribution in [2.45, 2.75) is 50.8 Å². The molecule has 138 valence electrons. The van der Waals surface area contributed by atoms with Crippen molar-refractivity contribution in [3.8, 4) is 11.5 Å². The summed E-state index contributed by atoms with van der Waals surface area (Å²) in [6, 6.07) is 5.81. The number of carbonyl (C=O) groups is 1. The van der Waals surface area contributed by atoms with Gasteiger partial charge in [-0.2, -0.15) is 0 Å². The summed E-state index contributed by atoms with van der Waals surface area (Å²) in [6.45, 7) is 3.57. The third kappa shape index (κ3) is 3.84. The van der Waals surface area contributed by atoms with Crippen molar-refractivity contribution in [3.63, 3.8) is 0 Å². The van der Waals surface area contributed by atoms with E-state index in [9.17, 15) is 4.79 Å². The van der Waals surface area contributed by atoms with Gasteiger partial charge in [-0.05, 0) is 44.7 Å². The molecule has 2 heterocycles. The Hall–Kier alpha value is -1.95. The fourth-order valence-corrected chi connectivity index (χ4v) is 3.79. The highest BCUT2D eigenvalue weighted by Gasteiger charge is 2.34. The van der Waals surface area contributed by atoms with Crippen LogP contribution in [0.25, 0.3) is 0 Å². The Kier molecular flexibility index (Phi) is 5.68. The summed E-state index contributed by atoms with van der Waals surface area (Å²) in [5.74, 6) is 1.51. The molecule has 2 aliphatic heterocycles. The number of hydrogen-bond acceptors (Lipinski definition) is 4. The molecule has 1 aromatic rings. The smallest absolute Gasteiger partial charge is 0.318 e. The summed E-state index contributed by atoms with van der Waals surface area (Å²) in [5, 5.41) is 3.12. The minimum absolute atomic E-state index is 0.0222. The average Bonchev–Trinajstić information content (AvgIpc) is 3.32. The van der Waals surface area contributed by atoms with Crippen molar-refractivity contribution < 1.29 is 19.0 Å². The SMILES string of the molecule is COc1ccc([C@@H]2CCCN2C(=O)N[C@@H](C)[C@H]2CCCO2)c(OC)c1. The highest BCUT2D eigenvalue weighted by Crippen LogP contribution is 2.38. The van der Waals surface area contributed by atoms with Gasteiger partial charge in [0.2, 0.25) is 0 Å². The van der Waals surface area contributed by atoms with Gasteiger partial charge in [0.15, 0.2) is 0 Å². The van der Waals surface area contributed by atoms with Crippen molar-refractivity contribution in [1.82, 2.24) is 10.2 Å². The zero-order valence-corrected chi connectivity index (χ0v) is 15.3. The van der Waals surface area contributed by atoms with Gasteiger partial charge in [-0.3, -0.25) is 0 Å². The van der Waals surface area contributed by atoms with Crippen molar-refractivity contribution in [3.05, 3.63) is 23.8 Å². The van der Waals surface area contributed by atoms with E-state index in [-0.39, 0.29) is 24.2 Å². The molecule has 0 saturated carbocycles. The van der Waals surface area contributed by atoms with Crippen LogP contribution < -0.4 is 14.8 Å². The van der Waals surface area contributed by atoms with Crippen molar-refractivity contribution >= 4 is 6.03 Å². The second-order valence-corrected chi connectivity index (χ2v) is 6.75. The van der Waals surface area contributed by atoms with Crippen LogP contribution in [0.1, 0.15) is 44.2 Å². The molecule has 2 fully saturated rings. The Morgan fingerprint density at radius 3 is 2.80 bits per heavy atom. The number of methoxy groups -OCH3 is 2. The number of amides is 2. The molecule has 1 N–H and O–H groups in total. The normalized spacial score (nSPS) is 24.2. The predicted molar refractivity (Wildman–Crippen MR) is 95.2 cm³/mol. The van der Waals surface area contributed by atoms with Crippen LogP contribution in [-0.4, -0.2) is 50.4 Å². The maximum atomic E-state index is 12.8. The fourth-order valence-electron chi connectivity index (χ4n) is 3.79. The molecule has 0 bridgehead atoms. The van der Waals surface area contributed by atoms with Gasteiger partial charge < -0.3 is 24.4 Å². The van der Waals surface area contributed by atoms with Gasteiger partial charge in [0.05, 0.1) is 32.4 Å². The monoisotopic (exact) mass is 348 g/mol. The second-order valence-electron chi connectivity index (χ2n) is 6.75. The van der Waals surface area contributed by atoms with Gasteiger partial charge in [-0.1, -0.05) is 0 Å². The highest BCUT2D eigenvalue weighted by atomic mass is 16.5. The molecule has 3 rings (SSSR count). The first kappa shape index (κ1) is 17.9. The summed E-state index contributed by atoms with van der Waals surface area (Å²) in [6.07, 6.45) is 4.13. The van der Waals surface area contributed by atoms with Gasteiger partial charge in [-0.25, -0.2) is 4.79 Å². The van der Waals surface area contributed by atoms with Crippen LogP contribution in [0.2, 0.25) is 0 Å². The van der Waals surface area contributed by atoms with Gasteiger partial charge in [0.25, 0.3) is 0 Å². The van der Waals surface area contributed by atoms with Gasteiger partial charge in [0.1, 0.15) is 11.5 Å². The quantitative estimate of drug-likeness (QED) is 0.888. The minimum atomic E-state index is -0.0247. The van der Waals surface area contributed by atoms with E-state index < -0.39 is 0 Å². The van der Waals surface area contributed by atoms with Crippen LogP contribution >= 0.6 is 0 Å². The van der Waals surface area contributed by atoms with Crippen LogP contribution in [-0.2, 0) is 4.74 Å². The number of likely N-dealkylation sites (tertiary alicyclic amines) is 1. The molecule has 6 nitrogen and oxygen atoms in total. The Labute approximate surface area is 149 Å². The maximum Gasteiger partial charge on any atom is 0.318 e. The Morgan fingerprint density at radius 2 is 2.12 bits per heavy atom. The summed E-state index contributed by atoms with van der Waals surface area (Å²) in [7, 11) is 3.29. The van der Waals surface area contributed by atoms with Crippen LogP contribution in [0.3, 0.4) is 0 Å². The van der Waals surface area contributed by atoms with Gasteiger partial charge >= 0.3 is 6.03 Å². The standard InChI is InChI=1S/C19H28N2O4/c1-13(17-7-5-11-25-17)20-19(22)21-10-4-6-16(21)15-9-8-14(23-2)12-18(15)24-3/h8-9,12-13,16-17H,4-7,10-11H2,1-3H3,(H,20,22)/t13-,16-,17+/m0/s1. The zero-order valence-electron chi connectivity index (χ0n) is 15.3. The van der Waals surface area contributed by atoms with E-state index in [0.717, 1.165) is 55.9 Å². The minimum Gasteiger partial charge on any atom is -0.497 e. The van der Waals surface area contributed by atoms with E-state index >= 15 is 0 Å². The highest BCUT2D eigenvalue weighted by molar-refractivity contribution is 5.75. The van der Waals surface area contributed by atoms with Crippen molar-refractivity contribution in [1.29, 1.82) is 0 Å². The fraction of sp³-hybridized carbons (Fsp3) is 0.632. The molecule has 3 atom stereocenters. The molecule has 1 aromatic carbocycles. The van der Waals surface area contributed by atoms with Gasteiger partial charge in [-0.15, -0.1) is 0 Å². The second kappa shape index (κ2) is 7.95. The molecule has 0 radical (unpaired) electrons. The molecule has 2 amide bonds. The molecule has 6 heteroatoms. The Balaban J connectivity index is 1.72. The predicted octanol–water partition coefficient (Wildman–Crippen LogP) is 3.12. The van der Waals surface area contributed by atoms with E-state index in [4.69, 9.17) is 14.2 Å². The molecule has 25 heavy (non-hydrogen) atoms. The lowest BCUT2D eigenvalue weighted by atomic mass is 10.0. The van der Waals surface area contributed by atoms with E-state index in [2.05, 4.69) is 5.32 Å². The topological polar surface area (TPSA) is 60.0 Å². The molecule has 0 spiro atoms. The van der Waals surface area contributed by atoms with Crippen molar-refractivity contribution in [2.75, 3.05) is 27.4 Å². The first-order chi connectivity index (χ1) is 12.1. The summed E-state index contributed by atoms with van der Waals surface area (Å²) in [4.78, 5) is 14.7. The molecule has 2 saturated heterocycles. The number of benzene rings is 1. The van der Waals surface area contributed by atoms with Crippen LogP contribution in [0.15, 0.2) is 18.2 Å². The maximum absolute atomic E-state index is 12.8. The third-order valence-corrected chi connectivity index (χ3v) is 5.19. The third-order valence-electron chi connectivity index (χ3n) is 5.19. The van der Waals surface area contributed by atoms with Crippen LogP contribution in [0.5, 0.6) is 11.5 Å². The molecule has 2 aliphatic rings.